The summed E-state index contributed by atoms with van der Waals surface area (Å²) in [6, 6.07) is 17.3. The zero-order chi connectivity index (χ0) is 17.4. The zero-order valence-corrected chi connectivity index (χ0v) is 14.7. The van der Waals surface area contributed by atoms with Gasteiger partial charge in [-0.05, 0) is 35.9 Å². The van der Waals surface area contributed by atoms with Crippen molar-refractivity contribution in [2.75, 3.05) is 5.32 Å². The fourth-order valence-corrected chi connectivity index (χ4v) is 3.48. The maximum absolute atomic E-state index is 12.3. The molecule has 1 aliphatic heterocycles. The lowest BCUT2D eigenvalue weighted by atomic mass is 9.89. The number of anilines is 1. The third-order valence-electron chi connectivity index (χ3n) is 4.30. The lowest BCUT2D eigenvalue weighted by Crippen LogP contribution is -2.24. The third kappa shape index (κ3) is 2.83. The van der Waals surface area contributed by atoms with Crippen molar-refractivity contribution < 1.29 is 4.79 Å². The van der Waals surface area contributed by atoms with Gasteiger partial charge in [-0.3, -0.25) is 9.36 Å². The Kier molecular flexibility index (Phi) is 3.86. The second kappa shape index (κ2) is 6.19. The first-order valence-corrected chi connectivity index (χ1v) is 8.58. The quantitative estimate of drug-likeness (QED) is 0.716. The van der Waals surface area contributed by atoms with Crippen LogP contribution in [0.25, 0.3) is 5.69 Å². The van der Waals surface area contributed by atoms with Gasteiger partial charge in [-0.2, -0.15) is 5.26 Å². The predicted octanol–water partition coefficient (Wildman–Crippen LogP) is 3.98. The molecule has 0 saturated carbocycles. The Morgan fingerprint density at radius 1 is 1.24 bits per heavy atom. The SMILES string of the molecule is N#Cc1ccc([C@H]2CC(=O)Nc3c2ncn3-c2cccc(Br)c2)cc1. The number of hydrogen-bond acceptors (Lipinski definition) is 3. The Balaban J connectivity index is 1.80. The first-order chi connectivity index (χ1) is 12.2. The van der Waals surface area contributed by atoms with E-state index in [0.29, 0.717) is 17.8 Å². The lowest BCUT2D eigenvalue weighted by Gasteiger charge is -2.23. The second-order valence-corrected chi connectivity index (χ2v) is 6.78. The molecule has 0 fully saturated rings. The number of carbonyl (C=O) groups excluding carboxylic acids is 1. The molecule has 1 N–H and O–H groups in total. The van der Waals surface area contributed by atoms with Crippen molar-refractivity contribution in [3.63, 3.8) is 0 Å². The molecule has 0 radical (unpaired) electrons. The van der Waals surface area contributed by atoms with Gasteiger partial charge in [0.15, 0.2) is 0 Å². The van der Waals surface area contributed by atoms with Gasteiger partial charge in [0.1, 0.15) is 12.1 Å². The van der Waals surface area contributed by atoms with Crippen LogP contribution in [0.5, 0.6) is 0 Å². The van der Waals surface area contributed by atoms with Gasteiger partial charge < -0.3 is 5.32 Å². The van der Waals surface area contributed by atoms with Crippen molar-refractivity contribution >= 4 is 27.7 Å². The van der Waals surface area contributed by atoms with Gasteiger partial charge >= 0.3 is 0 Å². The average molecular weight is 393 g/mol. The topological polar surface area (TPSA) is 70.7 Å². The van der Waals surface area contributed by atoms with E-state index in [1.807, 2.05) is 41.0 Å². The number of nitriles is 1. The molecule has 3 aromatic rings. The summed E-state index contributed by atoms with van der Waals surface area (Å²) in [6.45, 7) is 0. The van der Waals surface area contributed by atoms with Crippen LogP contribution in [0.3, 0.4) is 0 Å². The first-order valence-electron chi connectivity index (χ1n) is 7.79. The molecule has 1 atom stereocenters. The summed E-state index contributed by atoms with van der Waals surface area (Å²) in [6.07, 6.45) is 2.07. The van der Waals surface area contributed by atoms with Crippen molar-refractivity contribution in [1.82, 2.24) is 9.55 Å². The molecule has 0 aliphatic carbocycles. The molecular formula is C19H13BrN4O. The van der Waals surface area contributed by atoms with E-state index in [2.05, 4.69) is 32.3 Å². The molecule has 2 aromatic carbocycles. The highest BCUT2D eigenvalue weighted by molar-refractivity contribution is 9.10. The van der Waals surface area contributed by atoms with E-state index in [-0.39, 0.29) is 11.8 Å². The van der Waals surface area contributed by atoms with Crippen molar-refractivity contribution in [3.8, 4) is 11.8 Å². The molecular weight excluding hydrogens is 380 g/mol. The van der Waals surface area contributed by atoms with E-state index in [4.69, 9.17) is 5.26 Å². The van der Waals surface area contributed by atoms with Gasteiger partial charge in [0.2, 0.25) is 5.91 Å². The minimum atomic E-state index is -0.120. The maximum atomic E-state index is 12.3. The van der Waals surface area contributed by atoms with Gasteiger partial charge in [0.25, 0.3) is 0 Å². The minimum Gasteiger partial charge on any atom is -0.310 e. The molecule has 1 amide bonds. The number of halogens is 1. The van der Waals surface area contributed by atoms with Gasteiger partial charge in [-0.25, -0.2) is 4.98 Å². The lowest BCUT2D eigenvalue weighted by molar-refractivity contribution is -0.116. The van der Waals surface area contributed by atoms with E-state index in [1.165, 1.54) is 0 Å². The van der Waals surface area contributed by atoms with Crippen LogP contribution >= 0.6 is 15.9 Å². The minimum absolute atomic E-state index is 0.0430. The fraction of sp³-hybridized carbons (Fsp3) is 0.105. The van der Waals surface area contributed by atoms with E-state index < -0.39 is 0 Å². The Labute approximate surface area is 153 Å². The normalized spacial score (nSPS) is 16.0. The summed E-state index contributed by atoms with van der Waals surface area (Å²) >= 11 is 3.47. The van der Waals surface area contributed by atoms with Crippen molar-refractivity contribution in [1.29, 1.82) is 5.26 Å². The number of aromatic nitrogens is 2. The van der Waals surface area contributed by atoms with Gasteiger partial charge in [0, 0.05) is 22.5 Å². The van der Waals surface area contributed by atoms with Gasteiger partial charge in [0.05, 0.1) is 17.3 Å². The molecule has 25 heavy (non-hydrogen) atoms. The van der Waals surface area contributed by atoms with E-state index in [9.17, 15) is 4.79 Å². The standard InChI is InChI=1S/C19H13BrN4O/c20-14-2-1-3-15(8-14)24-11-22-18-16(9-17(25)23-19(18)24)13-6-4-12(10-21)5-7-13/h1-8,11,16H,9H2,(H,23,25)/t16-/m1/s1. The van der Waals surface area contributed by atoms with Crippen molar-refractivity contribution in [3.05, 3.63) is 76.2 Å². The van der Waals surface area contributed by atoms with E-state index >= 15 is 0 Å². The van der Waals surface area contributed by atoms with Gasteiger partial charge in [-0.1, -0.05) is 34.1 Å². The molecule has 122 valence electrons. The monoisotopic (exact) mass is 392 g/mol. The fourth-order valence-electron chi connectivity index (χ4n) is 3.09. The number of amides is 1. The third-order valence-corrected chi connectivity index (χ3v) is 4.79. The number of imidazole rings is 1. The van der Waals surface area contributed by atoms with E-state index in [0.717, 1.165) is 21.4 Å². The largest absolute Gasteiger partial charge is 0.310 e. The molecule has 0 spiro atoms. The van der Waals surface area contributed by atoms with Crippen LogP contribution in [0.2, 0.25) is 0 Å². The van der Waals surface area contributed by atoms with Crippen LogP contribution < -0.4 is 5.32 Å². The highest BCUT2D eigenvalue weighted by atomic mass is 79.9. The number of nitrogens with one attached hydrogen (secondary N) is 1. The molecule has 4 rings (SSSR count). The zero-order valence-electron chi connectivity index (χ0n) is 13.1. The van der Waals surface area contributed by atoms with Crippen molar-refractivity contribution in [2.24, 2.45) is 0 Å². The van der Waals surface area contributed by atoms with Crippen LogP contribution in [-0.4, -0.2) is 15.5 Å². The number of hydrogen-bond donors (Lipinski definition) is 1. The summed E-state index contributed by atoms with van der Waals surface area (Å²) < 4.78 is 2.84. The Morgan fingerprint density at radius 2 is 2.04 bits per heavy atom. The smallest absolute Gasteiger partial charge is 0.226 e. The number of benzene rings is 2. The summed E-state index contributed by atoms with van der Waals surface area (Å²) in [7, 11) is 0. The maximum Gasteiger partial charge on any atom is 0.226 e. The predicted molar refractivity (Wildman–Crippen MR) is 97.5 cm³/mol. The molecule has 5 nitrogen and oxygen atoms in total. The number of fused-ring (bicyclic) bond motifs is 1. The molecule has 6 heteroatoms. The number of carbonyl (C=O) groups is 1. The summed E-state index contributed by atoms with van der Waals surface area (Å²) in [5.74, 6) is 0.534. The highest BCUT2D eigenvalue weighted by Crippen LogP contribution is 2.37. The summed E-state index contributed by atoms with van der Waals surface area (Å²) in [4.78, 5) is 16.8. The number of rotatable bonds is 2. The molecule has 0 unspecified atom stereocenters. The molecule has 0 saturated heterocycles. The summed E-state index contributed by atoms with van der Waals surface area (Å²) in [5.41, 5.74) is 3.34. The molecule has 1 aliphatic rings. The molecule has 2 heterocycles. The van der Waals surface area contributed by atoms with Crippen LogP contribution in [0.15, 0.2) is 59.3 Å². The summed E-state index contributed by atoms with van der Waals surface area (Å²) in [5, 5.41) is 11.9. The van der Waals surface area contributed by atoms with Crippen LogP contribution in [0.4, 0.5) is 5.82 Å². The van der Waals surface area contributed by atoms with Crippen LogP contribution in [0.1, 0.15) is 29.2 Å². The van der Waals surface area contributed by atoms with Crippen LogP contribution in [-0.2, 0) is 4.79 Å². The Morgan fingerprint density at radius 3 is 2.76 bits per heavy atom. The number of nitrogens with zero attached hydrogens (tertiary/aromatic N) is 3. The van der Waals surface area contributed by atoms with Crippen LogP contribution in [0, 0.1) is 11.3 Å². The molecule has 0 bridgehead atoms. The Hall–Kier alpha value is -2.91. The Bertz CT molecular complexity index is 1000. The van der Waals surface area contributed by atoms with E-state index in [1.54, 1.807) is 18.5 Å². The molecule has 1 aromatic heterocycles. The first kappa shape index (κ1) is 15.6. The highest BCUT2D eigenvalue weighted by Gasteiger charge is 2.30. The van der Waals surface area contributed by atoms with Crippen molar-refractivity contribution in [2.45, 2.75) is 12.3 Å². The average Bonchev–Trinajstić information content (AvgIpc) is 3.05. The van der Waals surface area contributed by atoms with Gasteiger partial charge in [-0.15, -0.1) is 0 Å². The second-order valence-electron chi connectivity index (χ2n) is 5.87.